The van der Waals surface area contributed by atoms with Gasteiger partial charge in [0.05, 0.1) is 17.7 Å². The monoisotopic (exact) mass is 227 g/mol. The van der Waals surface area contributed by atoms with E-state index in [2.05, 4.69) is 15.2 Å². The number of amides is 1. The molecule has 1 heterocycles. The Bertz CT molecular complexity index is 287. The van der Waals surface area contributed by atoms with Crippen LogP contribution in [0.15, 0.2) is 10.9 Å². The minimum atomic E-state index is 0.0783. The number of nitrogens with one attached hydrogen (secondary N) is 1. The summed E-state index contributed by atoms with van der Waals surface area (Å²) in [6, 6.07) is 0. The maximum Gasteiger partial charge on any atom is 0.234 e. The van der Waals surface area contributed by atoms with Crippen LogP contribution in [0.1, 0.15) is 19.5 Å². The van der Waals surface area contributed by atoms with Gasteiger partial charge in [0, 0.05) is 18.5 Å². The number of carbonyl (C=O) groups excluding carboxylic acids is 1. The van der Waals surface area contributed by atoms with E-state index < -0.39 is 0 Å². The molecule has 0 aliphatic rings. The van der Waals surface area contributed by atoms with E-state index in [1.165, 1.54) is 0 Å². The summed E-state index contributed by atoms with van der Waals surface area (Å²) < 4.78 is 0. The lowest BCUT2D eigenvalue weighted by Gasteiger charge is -2.18. The number of carbonyl (C=O) groups is 1. The van der Waals surface area contributed by atoms with E-state index >= 15 is 0 Å². The number of likely N-dealkylation sites (N-methyl/N-ethyl adjacent to an activating group) is 2. The van der Waals surface area contributed by atoms with Crippen LogP contribution in [0, 0.1) is 0 Å². The molecule has 5 heteroatoms. The van der Waals surface area contributed by atoms with Crippen molar-refractivity contribution < 1.29 is 4.79 Å². The number of rotatable bonds is 6. The topological polar surface area (TPSA) is 45.2 Å². The van der Waals surface area contributed by atoms with E-state index in [0.29, 0.717) is 13.1 Å². The van der Waals surface area contributed by atoms with Crippen molar-refractivity contribution in [1.29, 1.82) is 0 Å². The molecule has 0 saturated carbocycles. The Morgan fingerprint density at radius 2 is 2.40 bits per heavy atom. The quantitative estimate of drug-likeness (QED) is 0.791. The summed E-state index contributed by atoms with van der Waals surface area (Å²) in [6.07, 6.45) is 0. The molecule has 0 unspecified atom stereocenters. The molecule has 1 aromatic heterocycles. The van der Waals surface area contributed by atoms with Crippen LogP contribution in [0.3, 0.4) is 0 Å². The number of aromatic nitrogens is 1. The van der Waals surface area contributed by atoms with Crippen LogP contribution in [0.25, 0.3) is 0 Å². The van der Waals surface area contributed by atoms with Crippen molar-refractivity contribution in [2.24, 2.45) is 0 Å². The Kier molecular flexibility index (Phi) is 5.28. The van der Waals surface area contributed by atoms with E-state index in [1.54, 1.807) is 11.3 Å². The number of hydrogen-bond acceptors (Lipinski definition) is 4. The summed E-state index contributed by atoms with van der Waals surface area (Å²) >= 11 is 1.58. The Balaban J connectivity index is 2.39. The zero-order valence-corrected chi connectivity index (χ0v) is 10.0. The van der Waals surface area contributed by atoms with Crippen LogP contribution in [0.5, 0.6) is 0 Å². The lowest BCUT2D eigenvalue weighted by atomic mass is 10.4. The predicted octanol–water partition coefficient (Wildman–Crippen LogP) is 1.10. The molecule has 0 radical (unpaired) electrons. The zero-order valence-electron chi connectivity index (χ0n) is 9.19. The molecule has 0 aromatic carbocycles. The maximum atomic E-state index is 11.4. The van der Waals surface area contributed by atoms with Crippen LogP contribution >= 0.6 is 11.3 Å². The molecular weight excluding hydrogens is 210 g/mol. The summed E-state index contributed by atoms with van der Waals surface area (Å²) in [6.45, 7) is 6.71. The average Bonchev–Trinajstić information content (AvgIpc) is 2.70. The lowest BCUT2D eigenvalue weighted by Crippen LogP contribution is -2.36. The summed E-state index contributed by atoms with van der Waals surface area (Å²) in [4.78, 5) is 17.6. The van der Waals surface area contributed by atoms with Crippen LogP contribution in [-0.2, 0) is 11.3 Å². The number of hydrogen-bond donors (Lipinski definition) is 1. The minimum Gasteiger partial charge on any atom is -0.355 e. The normalized spacial score (nSPS) is 10.6. The fourth-order valence-corrected chi connectivity index (χ4v) is 1.83. The molecule has 0 saturated heterocycles. The third-order valence-electron chi connectivity index (χ3n) is 2.06. The number of nitrogens with zero attached hydrogens (tertiary/aromatic N) is 2. The highest BCUT2D eigenvalue weighted by Gasteiger charge is 2.09. The molecule has 1 rings (SSSR count). The van der Waals surface area contributed by atoms with Gasteiger partial charge in [0.2, 0.25) is 5.91 Å². The summed E-state index contributed by atoms with van der Waals surface area (Å²) in [7, 11) is 0. The van der Waals surface area contributed by atoms with Gasteiger partial charge in [0.15, 0.2) is 0 Å². The van der Waals surface area contributed by atoms with Crippen LogP contribution < -0.4 is 5.32 Å². The van der Waals surface area contributed by atoms with Gasteiger partial charge in [-0.1, -0.05) is 6.92 Å². The Hall–Kier alpha value is -0.940. The fraction of sp³-hybridized carbons (Fsp3) is 0.600. The first kappa shape index (κ1) is 12.1. The third-order valence-corrected chi connectivity index (χ3v) is 2.69. The first-order valence-electron chi connectivity index (χ1n) is 5.12. The van der Waals surface area contributed by atoms with Crippen molar-refractivity contribution in [3.05, 3.63) is 16.6 Å². The molecule has 0 atom stereocenters. The largest absolute Gasteiger partial charge is 0.355 e. The van der Waals surface area contributed by atoms with Crippen molar-refractivity contribution >= 4 is 17.2 Å². The highest BCUT2D eigenvalue weighted by atomic mass is 32.1. The second kappa shape index (κ2) is 6.53. The standard InChI is InChI=1S/C10H17N3OS/c1-3-11-10(14)6-13(4-2)5-9-7-15-8-12-9/h7-8H,3-6H2,1-2H3,(H,11,14). The SMILES string of the molecule is CCNC(=O)CN(CC)Cc1cscn1. The Labute approximate surface area is 94.3 Å². The maximum absolute atomic E-state index is 11.4. The highest BCUT2D eigenvalue weighted by Crippen LogP contribution is 2.04. The first-order chi connectivity index (χ1) is 7.26. The van der Waals surface area contributed by atoms with Crippen molar-refractivity contribution in [1.82, 2.24) is 15.2 Å². The molecule has 1 amide bonds. The van der Waals surface area contributed by atoms with Gasteiger partial charge < -0.3 is 5.32 Å². The molecular formula is C10H17N3OS. The molecule has 0 aliphatic heterocycles. The fourth-order valence-electron chi connectivity index (χ4n) is 1.28. The smallest absolute Gasteiger partial charge is 0.234 e. The summed E-state index contributed by atoms with van der Waals surface area (Å²) in [5.41, 5.74) is 2.85. The Morgan fingerprint density at radius 1 is 1.60 bits per heavy atom. The highest BCUT2D eigenvalue weighted by molar-refractivity contribution is 7.07. The van der Waals surface area contributed by atoms with Crippen LogP contribution in [0.4, 0.5) is 0 Å². The lowest BCUT2D eigenvalue weighted by molar-refractivity contribution is -0.122. The van der Waals surface area contributed by atoms with Gasteiger partial charge in [0.1, 0.15) is 0 Å². The van der Waals surface area contributed by atoms with Gasteiger partial charge in [-0.15, -0.1) is 11.3 Å². The van der Waals surface area contributed by atoms with E-state index in [4.69, 9.17) is 0 Å². The summed E-state index contributed by atoms with van der Waals surface area (Å²) in [5.74, 6) is 0.0783. The van der Waals surface area contributed by atoms with E-state index in [0.717, 1.165) is 18.8 Å². The van der Waals surface area contributed by atoms with Gasteiger partial charge in [-0.25, -0.2) is 4.98 Å². The minimum absolute atomic E-state index is 0.0783. The molecule has 4 nitrogen and oxygen atoms in total. The zero-order chi connectivity index (χ0) is 11.1. The molecule has 15 heavy (non-hydrogen) atoms. The second-order valence-corrected chi connectivity index (χ2v) is 3.96. The van der Waals surface area contributed by atoms with E-state index in [9.17, 15) is 4.79 Å². The first-order valence-corrected chi connectivity index (χ1v) is 6.06. The Morgan fingerprint density at radius 3 is 2.93 bits per heavy atom. The second-order valence-electron chi connectivity index (χ2n) is 3.24. The van der Waals surface area contributed by atoms with Crippen molar-refractivity contribution in [3.63, 3.8) is 0 Å². The average molecular weight is 227 g/mol. The molecule has 84 valence electrons. The predicted molar refractivity (Wildman–Crippen MR) is 61.7 cm³/mol. The van der Waals surface area contributed by atoms with Crippen molar-refractivity contribution in [2.75, 3.05) is 19.6 Å². The van der Waals surface area contributed by atoms with Crippen molar-refractivity contribution in [3.8, 4) is 0 Å². The molecule has 0 bridgehead atoms. The van der Waals surface area contributed by atoms with Crippen LogP contribution in [0.2, 0.25) is 0 Å². The molecule has 0 fully saturated rings. The number of thiazole rings is 1. The van der Waals surface area contributed by atoms with E-state index in [-0.39, 0.29) is 5.91 Å². The van der Waals surface area contributed by atoms with Gasteiger partial charge in [-0.05, 0) is 13.5 Å². The summed E-state index contributed by atoms with van der Waals surface area (Å²) in [5, 5.41) is 4.81. The molecule has 1 aromatic rings. The van der Waals surface area contributed by atoms with Gasteiger partial charge in [-0.3, -0.25) is 9.69 Å². The van der Waals surface area contributed by atoms with Crippen molar-refractivity contribution in [2.45, 2.75) is 20.4 Å². The van der Waals surface area contributed by atoms with Crippen LogP contribution in [-0.4, -0.2) is 35.4 Å². The molecule has 0 spiro atoms. The molecule has 0 aliphatic carbocycles. The van der Waals surface area contributed by atoms with Gasteiger partial charge in [0.25, 0.3) is 0 Å². The van der Waals surface area contributed by atoms with Gasteiger partial charge >= 0.3 is 0 Å². The molecule has 1 N–H and O–H groups in total. The van der Waals surface area contributed by atoms with E-state index in [1.807, 2.05) is 24.7 Å². The third kappa shape index (κ3) is 4.40. The van der Waals surface area contributed by atoms with Gasteiger partial charge in [-0.2, -0.15) is 0 Å².